The third-order valence-corrected chi connectivity index (χ3v) is 3.84. The fraction of sp³-hybridized carbons (Fsp3) is 0.167. The van der Waals surface area contributed by atoms with Crippen LogP contribution in [0.4, 0.5) is 10.5 Å². The second-order valence-electron chi connectivity index (χ2n) is 5.43. The van der Waals surface area contributed by atoms with Crippen molar-refractivity contribution < 1.29 is 29.3 Å². The second-order valence-corrected chi connectivity index (χ2v) is 5.84. The average Bonchev–Trinajstić information content (AvgIpc) is 2.60. The number of carboxylic acid groups (broad SMARTS) is 2. The van der Waals surface area contributed by atoms with Crippen molar-refractivity contribution in [3.63, 3.8) is 0 Å². The van der Waals surface area contributed by atoms with E-state index in [0.29, 0.717) is 21.8 Å². The fourth-order valence-electron chi connectivity index (χ4n) is 2.22. The Morgan fingerprint density at radius 2 is 1.65 bits per heavy atom. The molecular weight excluding hydrogens is 362 g/mol. The van der Waals surface area contributed by atoms with Crippen LogP contribution in [-0.4, -0.2) is 28.2 Å². The molecule has 0 spiro atoms. The van der Waals surface area contributed by atoms with E-state index >= 15 is 0 Å². The molecule has 136 valence electrons. The summed E-state index contributed by atoms with van der Waals surface area (Å²) in [5.41, 5.74) is 1.54. The number of ether oxygens (including phenoxy) is 1. The molecule has 0 atom stereocenters. The van der Waals surface area contributed by atoms with E-state index in [4.69, 9.17) is 26.6 Å². The van der Waals surface area contributed by atoms with Crippen LogP contribution in [-0.2, 0) is 27.4 Å². The molecule has 0 fully saturated rings. The zero-order chi connectivity index (χ0) is 19.1. The Morgan fingerprint density at radius 1 is 1.00 bits per heavy atom. The van der Waals surface area contributed by atoms with E-state index < -0.39 is 23.9 Å². The zero-order valence-electron chi connectivity index (χ0n) is 13.5. The first kappa shape index (κ1) is 19.3. The van der Waals surface area contributed by atoms with Crippen LogP contribution in [0, 0.1) is 5.92 Å². The van der Waals surface area contributed by atoms with Crippen LogP contribution in [0.5, 0.6) is 0 Å². The number of halogens is 1. The lowest BCUT2D eigenvalue weighted by Gasteiger charge is -2.10. The number of carbonyl (C=O) groups excluding carboxylic acids is 1. The molecule has 26 heavy (non-hydrogen) atoms. The number of aliphatic carboxylic acids is 2. The quantitative estimate of drug-likeness (QED) is 0.637. The van der Waals surface area contributed by atoms with E-state index in [1.165, 1.54) is 0 Å². The number of amides is 1. The molecule has 8 heteroatoms. The summed E-state index contributed by atoms with van der Waals surface area (Å²) in [5, 5.41) is 20.8. The molecule has 2 aromatic rings. The minimum absolute atomic E-state index is 0.0606. The van der Waals surface area contributed by atoms with Crippen molar-refractivity contribution in [2.24, 2.45) is 5.92 Å². The van der Waals surface area contributed by atoms with Gasteiger partial charge in [0.2, 0.25) is 0 Å². The lowest BCUT2D eigenvalue weighted by molar-refractivity contribution is -0.154. The Kier molecular flexibility index (Phi) is 6.57. The molecule has 0 aliphatic heterocycles. The van der Waals surface area contributed by atoms with Gasteiger partial charge in [-0.1, -0.05) is 48.0 Å². The minimum atomic E-state index is -1.53. The number of anilines is 1. The van der Waals surface area contributed by atoms with Gasteiger partial charge in [0, 0.05) is 0 Å². The van der Waals surface area contributed by atoms with Gasteiger partial charge in [-0.25, -0.2) is 4.79 Å². The number of para-hydroxylation sites is 1. The van der Waals surface area contributed by atoms with Gasteiger partial charge in [-0.3, -0.25) is 14.9 Å². The Hall–Kier alpha value is -3.06. The summed E-state index contributed by atoms with van der Waals surface area (Å²) in [4.78, 5) is 33.8. The first-order chi connectivity index (χ1) is 12.4. The average molecular weight is 378 g/mol. The molecular formula is C18H16ClNO6. The summed E-state index contributed by atoms with van der Waals surface area (Å²) < 4.78 is 5.10. The third-order valence-electron chi connectivity index (χ3n) is 3.51. The highest BCUT2D eigenvalue weighted by Gasteiger charge is 2.25. The Balaban J connectivity index is 1.96. The van der Waals surface area contributed by atoms with Crippen molar-refractivity contribution in [1.29, 1.82) is 0 Å². The number of carbonyl (C=O) groups is 3. The second kappa shape index (κ2) is 8.87. The summed E-state index contributed by atoms with van der Waals surface area (Å²) in [6.45, 7) is -0.0606. The Bertz CT molecular complexity index is 809. The van der Waals surface area contributed by atoms with E-state index in [-0.39, 0.29) is 13.0 Å². The number of rotatable bonds is 7. The maximum Gasteiger partial charge on any atom is 0.412 e. The third kappa shape index (κ3) is 5.49. The lowest BCUT2D eigenvalue weighted by Crippen LogP contribution is -2.25. The van der Waals surface area contributed by atoms with Crippen molar-refractivity contribution in [2.45, 2.75) is 13.0 Å². The smallest absolute Gasteiger partial charge is 0.412 e. The van der Waals surface area contributed by atoms with Gasteiger partial charge in [0.1, 0.15) is 6.61 Å². The van der Waals surface area contributed by atoms with E-state index in [0.717, 1.165) is 0 Å². The predicted molar refractivity (Wildman–Crippen MR) is 94.2 cm³/mol. The van der Waals surface area contributed by atoms with E-state index in [1.807, 2.05) is 0 Å². The largest absolute Gasteiger partial charge is 0.481 e. The minimum Gasteiger partial charge on any atom is -0.481 e. The normalized spacial score (nSPS) is 10.4. The van der Waals surface area contributed by atoms with E-state index in [9.17, 15) is 14.4 Å². The number of carboxylic acids is 2. The van der Waals surface area contributed by atoms with Gasteiger partial charge in [0.05, 0.1) is 10.7 Å². The first-order valence-electron chi connectivity index (χ1n) is 7.58. The predicted octanol–water partition coefficient (Wildman–Crippen LogP) is 3.42. The molecule has 0 unspecified atom stereocenters. The monoisotopic (exact) mass is 377 g/mol. The topological polar surface area (TPSA) is 113 Å². The maximum atomic E-state index is 11.8. The van der Waals surface area contributed by atoms with Crippen molar-refractivity contribution in [1.82, 2.24) is 0 Å². The molecule has 2 rings (SSSR count). The number of benzene rings is 2. The Morgan fingerprint density at radius 3 is 2.31 bits per heavy atom. The highest BCUT2D eigenvalue weighted by atomic mass is 35.5. The van der Waals surface area contributed by atoms with Crippen LogP contribution in [0.25, 0.3) is 0 Å². The highest BCUT2D eigenvalue weighted by Crippen LogP contribution is 2.20. The maximum absolute atomic E-state index is 11.8. The van der Waals surface area contributed by atoms with Crippen LogP contribution in [0.3, 0.4) is 0 Å². The van der Waals surface area contributed by atoms with Crippen molar-refractivity contribution >= 4 is 35.3 Å². The molecule has 0 bridgehead atoms. The van der Waals surface area contributed by atoms with E-state index in [2.05, 4.69) is 5.32 Å². The number of hydrogen-bond donors (Lipinski definition) is 3. The van der Waals surface area contributed by atoms with Gasteiger partial charge in [-0.05, 0) is 29.7 Å². The molecule has 0 heterocycles. The van der Waals surface area contributed by atoms with Gasteiger partial charge >= 0.3 is 18.0 Å². The first-order valence-corrected chi connectivity index (χ1v) is 7.96. The SMILES string of the molecule is O=C(Nc1ccccc1Cl)OCc1cccc(CC(C(=O)O)C(=O)O)c1. The summed E-state index contributed by atoms with van der Waals surface area (Å²) in [6.07, 6.45) is -0.859. The molecule has 0 aromatic heterocycles. The molecule has 2 aromatic carbocycles. The summed E-state index contributed by atoms with van der Waals surface area (Å²) in [5.74, 6) is -4.34. The van der Waals surface area contributed by atoms with Crippen LogP contribution in [0.1, 0.15) is 11.1 Å². The van der Waals surface area contributed by atoms with Crippen LogP contribution < -0.4 is 5.32 Å². The molecule has 0 radical (unpaired) electrons. The molecule has 0 saturated carbocycles. The lowest BCUT2D eigenvalue weighted by atomic mass is 9.98. The molecule has 0 saturated heterocycles. The fourth-order valence-corrected chi connectivity index (χ4v) is 2.40. The van der Waals surface area contributed by atoms with Crippen molar-refractivity contribution in [3.05, 3.63) is 64.7 Å². The molecule has 0 aliphatic carbocycles. The van der Waals surface area contributed by atoms with Crippen LogP contribution >= 0.6 is 11.6 Å². The number of hydrogen-bond acceptors (Lipinski definition) is 4. The van der Waals surface area contributed by atoms with E-state index in [1.54, 1.807) is 48.5 Å². The van der Waals surface area contributed by atoms with Gasteiger partial charge < -0.3 is 14.9 Å². The van der Waals surface area contributed by atoms with Crippen molar-refractivity contribution in [2.75, 3.05) is 5.32 Å². The van der Waals surface area contributed by atoms with Gasteiger partial charge in [0.15, 0.2) is 5.92 Å². The molecule has 3 N–H and O–H groups in total. The summed E-state index contributed by atoms with van der Waals surface area (Å²) >= 11 is 5.94. The standard InChI is InChI=1S/C18H16ClNO6/c19-14-6-1-2-7-15(14)20-18(25)26-10-12-5-3-4-11(8-12)9-13(16(21)22)17(23)24/h1-8,13H,9-10H2,(H,20,25)(H,21,22)(H,23,24). The molecule has 7 nitrogen and oxygen atoms in total. The zero-order valence-corrected chi connectivity index (χ0v) is 14.3. The van der Waals surface area contributed by atoms with Crippen LogP contribution in [0.15, 0.2) is 48.5 Å². The van der Waals surface area contributed by atoms with Crippen LogP contribution in [0.2, 0.25) is 5.02 Å². The van der Waals surface area contributed by atoms with Gasteiger partial charge in [-0.15, -0.1) is 0 Å². The highest BCUT2D eigenvalue weighted by molar-refractivity contribution is 6.33. The van der Waals surface area contributed by atoms with Gasteiger partial charge in [0.25, 0.3) is 0 Å². The molecule has 0 aliphatic rings. The van der Waals surface area contributed by atoms with Crippen molar-refractivity contribution in [3.8, 4) is 0 Å². The summed E-state index contributed by atoms with van der Waals surface area (Å²) in [6, 6.07) is 13.2. The Labute approximate surface area is 154 Å². The summed E-state index contributed by atoms with van der Waals surface area (Å²) in [7, 11) is 0. The molecule has 1 amide bonds. The van der Waals surface area contributed by atoms with Gasteiger partial charge in [-0.2, -0.15) is 0 Å². The number of nitrogens with one attached hydrogen (secondary N) is 1.